The van der Waals surface area contributed by atoms with Crippen molar-refractivity contribution >= 4 is 17.9 Å². The Balaban J connectivity index is 4.44. The normalized spacial score (nSPS) is 12.6. The summed E-state index contributed by atoms with van der Waals surface area (Å²) in [5.41, 5.74) is 0. The molecule has 0 amide bonds. The lowest BCUT2D eigenvalue weighted by Crippen LogP contribution is -2.30. The first-order valence-electron chi connectivity index (χ1n) is 29.4. The van der Waals surface area contributed by atoms with E-state index in [0.717, 1.165) is 77.0 Å². The molecule has 1 atom stereocenters. The minimum Gasteiger partial charge on any atom is -0.462 e. The summed E-state index contributed by atoms with van der Waals surface area (Å²) >= 11 is 0. The molecule has 0 bridgehead atoms. The first-order chi connectivity index (χ1) is 34.0. The summed E-state index contributed by atoms with van der Waals surface area (Å²) in [6.45, 7) is 6.57. The van der Waals surface area contributed by atoms with Crippen LogP contribution in [0, 0.1) is 0 Å². The number of carbonyl (C=O) groups is 3. The molecule has 6 heteroatoms. The van der Waals surface area contributed by atoms with Crippen LogP contribution in [0.1, 0.15) is 290 Å². The summed E-state index contributed by atoms with van der Waals surface area (Å²) in [5, 5.41) is 0. The minimum atomic E-state index is -0.802. The molecule has 0 aliphatic carbocycles. The van der Waals surface area contributed by atoms with Crippen molar-refractivity contribution in [2.24, 2.45) is 0 Å². The Labute approximate surface area is 427 Å². The molecule has 0 aliphatic rings. The summed E-state index contributed by atoms with van der Waals surface area (Å²) in [5.74, 6) is -0.954. The number of hydrogen-bond donors (Lipinski definition) is 0. The van der Waals surface area contributed by atoms with Crippen LogP contribution in [0.15, 0.2) is 72.9 Å². The molecule has 0 aromatic carbocycles. The lowest BCUT2D eigenvalue weighted by Gasteiger charge is -2.18. The zero-order valence-electron chi connectivity index (χ0n) is 45.6. The predicted molar refractivity (Wildman–Crippen MR) is 298 cm³/mol. The van der Waals surface area contributed by atoms with Gasteiger partial charge in [0.2, 0.25) is 0 Å². The van der Waals surface area contributed by atoms with Crippen molar-refractivity contribution < 1.29 is 28.6 Å². The van der Waals surface area contributed by atoms with Crippen LogP contribution in [0.4, 0.5) is 0 Å². The Kier molecular flexibility index (Phi) is 54.8. The molecule has 0 unspecified atom stereocenters. The molecule has 0 saturated carbocycles. The van der Waals surface area contributed by atoms with Crippen LogP contribution >= 0.6 is 0 Å². The summed E-state index contributed by atoms with van der Waals surface area (Å²) in [6.07, 6.45) is 73.2. The van der Waals surface area contributed by atoms with Gasteiger partial charge in [-0.1, -0.05) is 235 Å². The minimum absolute atomic E-state index is 0.0959. The van der Waals surface area contributed by atoms with Crippen molar-refractivity contribution in [2.75, 3.05) is 13.2 Å². The van der Waals surface area contributed by atoms with Gasteiger partial charge in [-0.05, 0) is 109 Å². The zero-order chi connectivity index (χ0) is 50.0. The Morgan fingerprint density at radius 3 is 0.913 bits per heavy atom. The lowest BCUT2D eigenvalue weighted by atomic mass is 10.1. The third-order valence-electron chi connectivity index (χ3n) is 12.7. The monoisotopic (exact) mass is 963 g/mol. The average molecular weight is 964 g/mol. The molecule has 0 radical (unpaired) electrons. The first kappa shape index (κ1) is 65.8. The largest absolute Gasteiger partial charge is 0.462 e. The van der Waals surface area contributed by atoms with Crippen LogP contribution in [0.5, 0.6) is 0 Å². The van der Waals surface area contributed by atoms with Crippen LogP contribution in [0.3, 0.4) is 0 Å². The smallest absolute Gasteiger partial charge is 0.306 e. The van der Waals surface area contributed by atoms with E-state index in [9.17, 15) is 14.4 Å². The molecule has 0 aliphatic heterocycles. The van der Waals surface area contributed by atoms with E-state index in [1.807, 2.05) is 0 Å². The molecule has 0 rings (SSSR count). The van der Waals surface area contributed by atoms with Gasteiger partial charge in [-0.3, -0.25) is 14.4 Å². The van der Waals surface area contributed by atoms with Crippen molar-refractivity contribution in [1.29, 1.82) is 0 Å². The van der Waals surface area contributed by atoms with E-state index in [0.29, 0.717) is 19.3 Å². The highest BCUT2D eigenvalue weighted by Crippen LogP contribution is 2.15. The second-order valence-corrected chi connectivity index (χ2v) is 19.5. The highest BCUT2D eigenvalue weighted by atomic mass is 16.6. The SMILES string of the molecule is CCCCC/C=C\C/C=C\CCCCCCCCCCCC(=O)OC[C@H](COC(=O)CCC/C=C\C/C=C\C/C=C\CCCCCCCC)OC(=O)CCCCCCC/C=C\CCCCCCCC. The highest BCUT2D eigenvalue weighted by Gasteiger charge is 2.19. The second-order valence-electron chi connectivity index (χ2n) is 19.5. The van der Waals surface area contributed by atoms with E-state index in [-0.39, 0.29) is 37.5 Å². The Bertz CT molecular complexity index is 1290. The maximum absolute atomic E-state index is 12.9. The molecule has 0 heterocycles. The van der Waals surface area contributed by atoms with Crippen molar-refractivity contribution in [3.63, 3.8) is 0 Å². The van der Waals surface area contributed by atoms with E-state index in [1.165, 1.54) is 167 Å². The second kappa shape index (κ2) is 57.4. The fraction of sp³-hybridized carbons (Fsp3) is 0.762. The van der Waals surface area contributed by atoms with Crippen LogP contribution < -0.4 is 0 Å². The quantitative estimate of drug-likeness (QED) is 0.0262. The van der Waals surface area contributed by atoms with Crippen LogP contribution in [-0.4, -0.2) is 37.2 Å². The van der Waals surface area contributed by atoms with Gasteiger partial charge in [0.1, 0.15) is 13.2 Å². The Morgan fingerprint density at radius 1 is 0.290 bits per heavy atom. The molecule has 6 nitrogen and oxygen atoms in total. The van der Waals surface area contributed by atoms with E-state index >= 15 is 0 Å². The molecular weight excluding hydrogens is 853 g/mol. The third-order valence-corrected chi connectivity index (χ3v) is 12.7. The Hall–Kier alpha value is -3.15. The zero-order valence-corrected chi connectivity index (χ0v) is 45.6. The van der Waals surface area contributed by atoms with E-state index < -0.39 is 6.10 Å². The maximum Gasteiger partial charge on any atom is 0.306 e. The maximum atomic E-state index is 12.9. The number of hydrogen-bond acceptors (Lipinski definition) is 6. The fourth-order valence-electron chi connectivity index (χ4n) is 8.19. The number of carbonyl (C=O) groups excluding carboxylic acids is 3. The van der Waals surface area contributed by atoms with Gasteiger partial charge in [0.15, 0.2) is 6.10 Å². The van der Waals surface area contributed by atoms with Gasteiger partial charge in [-0.2, -0.15) is 0 Å². The molecule has 0 N–H and O–H groups in total. The molecule has 0 aromatic rings. The molecule has 398 valence electrons. The van der Waals surface area contributed by atoms with E-state index in [1.54, 1.807) is 0 Å². The average Bonchev–Trinajstić information content (AvgIpc) is 3.35. The van der Waals surface area contributed by atoms with Gasteiger partial charge in [-0.15, -0.1) is 0 Å². The van der Waals surface area contributed by atoms with E-state index in [2.05, 4.69) is 93.7 Å². The standard InChI is InChI=1S/C63H110O6/c1-4-7-10-13-16-19-22-25-28-30-31-33-36-38-41-44-47-50-53-56-62(65)68-59-60(69-63(66)57-54-51-48-45-42-39-34-27-24-21-18-15-12-9-6-3)58-67-61(64)55-52-49-46-43-40-37-35-32-29-26-23-20-17-14-11-8-5-2/h16,19,25-29,34-35,37,43,46,60H,4-15,17-18,20-24,30-33,36,38-42,44-45,47-59H2,1-3H3/b19-16-,28-25-,29-26-,34-27-,37-35-,46-43-/t60-/m0/s1. The van der Waals surface area contributed by atoms with Gasteiger partial charge in [0, 0.05) is 19.3 Å². The van der Waals surface area contributed by atoms with Crippen molar-refractivity contribution in [1.82, 2.24) is 0 Å². The topological polar surface area (TPSA) is 78.9 Å². The fourth-order valence-corrected chi connectivity index (χ4v) is 8.19. The molecule has 0 fully saturated rings. The third kappa shape index (κ3) is 55.6. The first-order valence-corrected chi connectivity index (χ1v) is 29.4. The van der Waals surface area contributed by atoms with Crippen LogP contribution in [-0.2, 0) is 28.6 Å². The van der Waals surface area contributed by atoms with Gasteiger partial charge in [0.25, 0.3) is 0 Å². The molecule has 69 heavy (non-hydrogen) atoms. The number of rotatable bonds is 53. The number of allylic oxidation sites excluding steroid dienone is 12. The Morgan fingerprint density at radius 2 is 0.536 bits per heavy atom. The molecular formula is C63H110O6. The van der Waals surface area contributed by atoms with Gasteiger partial charge < -0.3 is 14.2 Å². The van der Waals surface area contributed by atoms with Crippen LogP contribution in [0.2, 0.25) is 0 Å². The highest BCUT2D eigenvalue weighted by molar-refractivity contribution is 5.71. The van der Waals surface area contributed by atoms with E-state index in [4.69, 9.17) is 14.2 Å². The van der Waals surface area contributed by atoms with Gasteiger partial charge in [-0.25, -0.2) is 0 Å². The van der Waals surface area contributed by atoms with Crippen LogP contribution in [0.25, 0.3) is 0 Å². The predicted octanol–water partition coefficient (Wildman–Crippen LogP) is 19.8. The number of esters is 3. The summed E-state index contributed by atoms with van der Waals surface area (Å²) in [4.78, 5) is 38.2. The van der Waals surface area contributed by atoms with Crippen molar-refractivity contribution in [3.05, 3.63) is 72.9 Å². The van der Waals surface area contributed by atoms with Crippen molar-refractivity contribution in [2.45, 2.75) is 297 Å². The molecule has 0 aromatic heterocycles. The molecule has 0 spiro atoms. The summed E-state index contributed by atoms with van der Waals surface area (Å²) in [6, 6.07) is 0. The molecule has 0 saturated heterocycles. The van der Waals surface area contributed by atoms with Crippen molar-refractivity contribution in [3.8, 4) is 0 Å². The lowest BCUT2D eigenvalue weighted by molar-refractivity contribution is -0.167. The van der Waals surface area contributed by atoms with Gasteiger partial charge >= 0.3 is 17.9 Å². The van der Waals surface area contributed by atoms with Gasteiger partial charge in [0.05, 0.1) is 0 Å². The summed E-state index contributed by atoms with van der Waals surface area (Å²) in [7, 11) is 0. The number of unbranched alkanes of at least 4 members (excludes halogenated alkanes) is 30. The summed E-state index contributed by atoms with van der Waals surface area (Å²) < 4.78 is 16.8. The number of ether oxygens (including phenoxy) is 3.